The Balaban J connectivity index is 1.35. The third-order valence-corrected chi connectivity index (χ3v) is 8.32. The summed E-state index contributed by atoms with van der Waals surface area (Å²) in [5, 5.41) is 22.6. The third kappa shape index (κ3) is 4.97. The first-order valence-electron chi connectivity index (χ1n) is 13.9. The van der Waals surface area contributed by atoms with Crippen molar-refractivity contribution in [3.05, 3.63) is 82.7 Å². The maximum absolute atomic E-state index is 13.7. The van der Waals surface area contributed by atoms with E-state index in [1.165, 1.54) is 12.1 Å². The number of aliphatic hydroxyl groups excluding tert-OH is 1. The van der Waals surface area contributed by atoms with Gasteiger partial charge in [-0.2, -0.15) is 5.10 Å². The molecule has 1 saturated carbocycles. The zero-order valence-electron chi connectivity index (χ0n) is 22.2. The van der Waals surface area contributed by atoms with Crippen LogP contribution >= 0.6 is 0 Å². The molecule has 2 aliphatic carbocycles. The quantitative estimate of drug-likeness (QED) is 0.308. The lowest BCUT2D eigenvalue weighted by Crippen LogP contribution is -2.35. The molecule has 3 heterocycles. The lowest BCUT2D eigenvalue weighted by Gasteiger charge is -2.39. The first-order valence-corrected chi connectivity index (χ1v) is 13.9. The third-order valence-electron chi connectivity index (χ3n) is 8.32. The average molecular weight is 542 g/mol. The lowest BCUT2D eigenvalue weighted by molar-refractivity contribution is -0.118. The normalized spacial score (nSPS) is 19.6. The summed E-state index contributed by atoms with van der Waals surface area (Å²) < 4.78 is 13.7. The van der Waals surface area contributed by atoms with Crippen LogP contribution in [-0.2, 0) is 4.79 Å². The fourth-order valence-electron chi connectivity index (χ4n) is 6.40. The van der Waals surface area contributed by atoms with Gasteiger partial charge in [0.05, 0.1) is 5.69 Å². The molecule has 206 valence electrons. The Bertz CT molecular complexity index is 1500. The highest BCUT2D eigenvalue weighted by atomic mass is 19.1. The maximum atomic E-state index is 13.7. The maximum Gasteiger partial charge on any atom is 0.269 e. The van der Waals surface area contributed by atoms with Gasteiger partial charge in [0, 0.05) is 54.1 Å². The number of amides is 1. The highest BCUT2D eigenvalue weighted by molar-refractivity contribution is 6.03. The van der Waals surface area contributed by atoms with Crippen molar-refractivity contribution in [1.82, 2.24) is 20.5 Å². The predicted molar refractivity (Wildman–Crippen MR) is 150 cm³/mol. The number of hydrogen-bond donors (Lipinski definition) is 4. The Labute approximate surface area is 231 Å². The van der Waals surface area contributed by atoms with Gasteiger partial charge in [-0.3, -0.25) is 19.7 Å². The SMILES string of the molecule is O=C1CC2(CCCC2)CC2=C1C(/C=C/c1ccc(-c3cccc(F)c3)cn1)c1c(n[nH]c1C(=O)NCCCO)N2. The molecule has 4 N–H and O–H groups in total. The van der Waals surface area contributed by atoms with Gasteiger partial charge in [0.1, 0.15) is 11.5 Å². The van der Waals surface area contributed by atoms with Crippen LogP contribution in [0.15, 0.2) is 59.9 Å². The molecule has 6 rings (SSSR count). The molecular formula is C31H32FN5O3. The Morgan fingerprint density at radius 3 is 2.77 bits per heavy atom. The number of halogens is 1. The van der Waals surface area contributed by atoms with E-state index in [0.717, 1.165) is 48.9 Å². The molecular weight excluding hydrogens is 509 g/mol. The van der Waals surface area contributed by atoms with Crippen molar-refractivity contribution in [3.8, 4) is 11.1 Å². The molecule has 1 fully saturated rings. The Hall–Kier alpha value is -4.11. The molecule has 3 aromatic rings. The van der Waals surface area contributed by atoms with E-state index in [1.807, 2.05) is 30.4 Å². The number of hydrogen-bond acceptors (Lipinski definition) is 6. The number of aromatic nitrogens is 3. The summed E-state index contributed by atoms with van der Waals surface area (Å²) in [5.41, 5.74) is 4.72. The van der Waals surface area contributed by atoms with Crippen LogP contribution in [0.5, 0.6) is 0 Å². The number of allylic oxidation sites excluding steroid dienone is 3. The molecule has 0 radical (unpaired) electrons. The summed E-state index contributed by atoms with van der Waals surface area (Å²) in [4.78, 5) is 31.3. The molecule has 1 unspecified atom stereocenters. The first-order chi connectivity index (χ1) is 19.5. The van der Waals surface area contributed by atoms with Gasteiger partial charge >= 0.3 is 0 Å². The smallest absolute Gasteiger partial charge is 0.269 e. The number of nitrogens with zero attached hydrogens (tertiary/aromatic N) is 2. The van der Waals surface area contributed by atoms with E-state index in [-0.39, 0.29) is 29.5 Å². The monoisotopic (exact) mass is 541 g/mol. The fraction of sp³-hybridized carbons (Fsp3) is 0.355. The zero-order valence-corrected chi connectivity index (χ0v) is 22.2. The number of H-pyrrole nitrogens is 1. The van der Waals surface area contributed by atoms with Gasteiger partial charge in [-0.05, 0) is 60.9 Å². The fourth-order valence-corrected chi connectivity index (χ4v) is 6.40. The predicted octanol–water partition coefficient (Wildman–Crippen LogP) is 5.12. The van der Waals surface area contributed by atoms with E-state index in [1.54, 1.807) is 12.3 Å². The molecule has 0 saturated heterocycles. The first kappa shape index (κ1) is 26.1. The van der Waals surface area contributed by atoms with E-state index in [0.29, 0.717) is 47.7 Å². The van der Waals surface area contributed by atoms with Crippen molar-refractivity contribution in [2.45, 2.75) is 50.9 Å². The number of nitrogens with one attached hydrogen (secondary N) is 3. The van der Waals surface area contributed by atoms with Crippen molar-refractivity contribution in [2.75, 3.05) is 18.5 Å². The van der Waals surface area contributed by atoms with Crippen LogP contribution in [0.2, 0.25) is 0 Å². The summed E-state index contributed by atoms with van der Waals surface area (Å²) in [6, 6.07) is 10.1. The molecule has 1 atom stereocenters. The lowest BCUT2D eigenvalue weighted by atomic mass is 9.67. The molecule has 9 heteroatoms. The van der Waals surface area contributed by atoms with Crippen LogP contribution in [0, 0.1) is 11.2 Å². The van der Waals surface area contributed by atoms with Crippen LogP contribution in [-0.4, -0.2) is 45.1 Å². The molecule has 0 bridgehead atoms. The van der Waals surface area contributed by atoms with Crippen molar-refractivity contribution in [3.63, 3.8) is 0 Å². The number of anilines is 1. The van der Waals surface area contributed by atoms with Gasteiger partial charge in [0.2, 0.25) is 0 Å². The number of fused-ring (bicyclic) bond motifs is 1. The topological polar surface area (TPSA) is 120 Å². The van der Waals surface area contributed by atoms with E-state index >= 15 is 0 Å². The minimum atomic E-state index is -0.473. The number of aromatic amines is 1. The van der Waals surface area contributed by atoms with Crippen molar-refractivity contribution in [2.24, 2.45) is 5.41 Å². The molecule has 1 spiro atoms. The van der Waals surface area contributed by atoms with E-state index in [9.17, 15) is 14.0 Å². The second-order valence-electron chi connectivity index (χ2n) is 11.0. The highest BCUT2D eigenvalue weighted by Crippen LogP contribution is 2.53. The standard InChI is InChI=1S/C31H32FN5O3/c32-21-6-3-5-19(15-21)20-7-8-22(34-18-20)9-10-23-26-24(16-31(17-25(26)39)11-1-2-12-31)35-29-27(23)28(36-37-29)30(40)33-13-4-14-38/h3,5-10,15,18,23,38H,1-2,4,11-14,16-17H2,(H,33,40)(H2,35,36,37)/b10-9+. The molecule has 40 heavy (non-hydrogen) atoms. The molecule has 8 nitrogen and oxygen atoms in total. The van der Waals surface area contributed by atoms with Crippen molar-refractivity contribution < 1.29 is 19.1 Å². The Morgan fingerprint density at radius 1 is 1.18 bits per heavy atom. The summed E-state index contributed by atoms with van der Waals surface area (Å²) in [5.74, 6) is -0.449. The van der Waals surface area contributed by atoms with Crippen molar-refractivity contribution in [1.29, 1.82) is 0 Å². The van der Waals surface area contributed by atoms with Crippen LogP contribution < -0.4 is 10.6 Å². The number of benzene rings is 1. The largest absolute Gasteiger partial charge is 0.396 e. The van der Waals surface area contributed by atoms with Crippen molar-refractivity contribution >= 4 is 23.6 Å². The van der Waals surface area contributed by atoms with Crippen LogP contribution in [0.25, 0.3) is 17.2 Å². The van der Waals surface area contributed by atoms with Gasteiger partial charge in [-0.25, -0.2) is 4.39 Å². The Morgan fingerprint density at radius 2 is 2.02 bits per heavy atom. The minimum absolute atomic E-state index is 0.00376. The van der Waals surface area contributed by atoms with Gasteiger partial charge in [-0.1, -0.05) is 37.1 Å². The number of Topliss-reactive ketones (excluding diaryl/α,β-unsaturated/α-hetero) is 1. The summed E-state index contributed by atoms with van der Waals surface area (Å²) in [6.45, 7) is 0.305. The zero-order chi connectivity index (χ0) is 27.7. The van der Waals surface area contributed by atoms with Gasteiger partial charge in [-0.15, -0.1) is 0 Å². The second-order valence-corrected chi connectivity index (χ2v) is 11.0. The number of aliphatic hydroxyl groups is 1. The molecule has 2 aromatic heterocycles. The number of ketones is 1. The van der Waals surface area contributed by atoms with Gasteiger partial charge in [0.15, 0.2) is 11.6 Å². The van der Waals surface area contributed by atoms with Gasteiger partial charge < -0.3 is 15.7 Å². The average Bonchev–Trinajstić information content (AvgIpc) is 3.58. The second kappa shape index (κ2) is 10.8. The number of carbonyl (C=O) groups excluding carboxylic acids is 2. The molecule has 1 aliphatic heterocycles. The summed E-state index contributed by atoms with van der Waals surface area (Å²) >= 11 is 0. The summed E-state index contributed by atoms with van der Waals surface area (Å²) in [7, 11) is 0. The number of carbonyl (C=O) groups is 2. The Kier molecular flexibility index (Phi) is 7.06. The van der Waals surface area contributed by atoms with Crippen LogP contribution in [0.4, 0.5) is 10.2 Å². The van der Waals surface area contributed by atoms with Crippen LogP contribution in [0.3, 0.4) is 0 Å². The van der Waals surface area contributed by atoms with Gasteiger partial charge in [0.25, 0.3) is 5.91 Å². The summed E-state index contributed by atoms with van der Waals surface area (Å²) in [6.07, 6.45) is 11.6. The number of rotatable bonds is 7. The van der Waals surface area contributed by atoms with E-state index < -0.39 is 5.92 Å². The minimum Gasteiger partial charge on any atom is -0.396 e. The molecule has 3 aliphatic rings. The number of pyridine rings is 1. The highest BCUT2D eigenvalue weighted by Gasteiger charge is 2.46. The molecule has 1 aromatic carbocycles. The van der Waals surface area contributed by atoms with E-state index in [2.05, 4.69) is 25.8 Å². The van der Waals surface area contributed by atoms with E-state index in [4.69, 9.17) is 5.11 Å². The molecule has 1 amide bonds. The van der Waals surface area contributed by atoms with Crippen LogP contribution in [0.1, 0.15) is 72.6 Å².